The molecule has 0 unspecified atom stereocenters. The molecule has 13 aromatic rings. The molecule has 3 aromatic heterocycles. The van der Waals surface area contributed by atoms with Gasteiger partial charge < -0.3 is 0 Å². The Labute approximate surface area is 387 Å². The number of hydrogen-bond acceptors (Lipinski definition) is 3. The highest BCUT2D eigenvalue weighted by Gasteiger charge is 2.46. The van der Waals surface area contributed by atoms with E-state index in [1.807, 2.05) is 24.5 Å². The van der Waals surface area contributed by atoms with Gasteiger partial charge in [0.25, 0.3) is 0 Å². The van der Waals surface area contributed by atoms with Crippen LogP contribution in [0.15, 0.2) is 237 Å². The Morgan fingerprint density at radius 2 is 0.910 bits per heavy atom. The van der Waals surface area contributed by atoms with Crippen LogP contribution in [0.1, 0.15) is 22.3 Å². The fourth-order valence-electron chi connectivity index (χ4n) is 11.4. The molecule has 0 amide bonds. The number of benzene rings is 10. The van der Waals surface area contributed by atoms with Gasteiger partial charge in [0.15, 0.2) is 0 Å². The smallest absolute Gasteiger partial charge is 0.0970 e. The Balaban J connectivity index is 0.871. The van der Waals surface area contributed by atoms with E-state index < -0.39 is 5.41 Å². The fourth-order valence-corrected chi connectivity index (χ4v) is 11.4. The van der Waals surface area contributed by atoms with Crippen LogP contribution in [-0.2, 0) is 5.41 Å². The van der Waals surface area contributed by atoms with Crippen LogP contribution < -0.4 is 0 Å². The van der Waals surface area contributed by atoms with Gasteiger partial charge in [0.2, 0.25) is 0 Å². The summed E-state index contributed by atoms with van der Waals surface area (Å²) in [6.45, 7) is 0. The van der Waals surface area contributed by atoms with Crippen molar-refractivity contribution in [1.29, 1.82) is 0 Å². The highest BCUT2D eigenvalue weighted by atomic mass is 14.7. The molecule has 0 bridgehead atoms. The summed E-state index contributed by atoms with van der Waals surface area (Å²) in [7, 11) is 0. The topological polar surface area (TPSA) is 38.7 Å². The number of pyridine rings is 3. The first-order chi connectivity index (χ1) is 33.2. The molecule has 0 N–H and O–H groups in total. The Kier molecular flexibility index (Phi) is 8.20. The van der Waals surface area contributed by atoms with Crippen molar-refractivity contribution in [3.63, 3.8) is 0 Å². The molecular weight excluding hydrogens is 811 g/mol. The zero-order valence-electron chi connectivity index (χ0n) is 36.4. The molecule has 0 saturated carbocycles. The second-order valence-corrected chi connectivity index (χ2v) is 17.9. The SMILES string of the molecule is c1ccc(C2(c3ccccc3)c3ccccc3-c3cc4c(-c5ccc(-c6ccc7c(ccc8cc(-c9cc%10cccnc%10c%10ncccc9%10)ccc87)c6)cc5)nc5ccccc5c4cc32)cc1. The van der Waals surface area contributed by atoms with Crippen LogP contribution in [0.25, 0.3) is 110 Å². The van der Waals surface area contributed by atoms with Crippen molar-refractivity contribution in [2.24, 2.45) is 0 Å². The van der Waals surface area contributed by atoms with E-state index in [-0.39, 0.29) is 0 Å². The van der Waals surface area contributed by atoms with Gasteiger partial charge in [-0.05, 0) is 131 Å². The number of hydrogen-bond donors (Lipinski definition) is 0. The summed E-state index contributed by atoms with van der Waals surface area (Å²) in [6, 6.07) is 82.3. The fraction of sp³-hybridized carbons (Fsp3) is 0.0156. The Morgan fingerprint density at radius 3 is 1.69 bits per heavy atom. The maximum Gasteiger partial charge on any atom is 0.0970 e. The largest absolute Gasteiger partial charge is 0.254 e. The molecular formula is C64H39N3. The summed E-state index contributed by atoms with van der Waals surface area (Å²) in [5.74, 6) is 0. The van der Waals surface area contributed by atoms with E-state index in [1.165, 1.54) is 82.6 Å². The van der Waals surface area contributed by atoms with E-state index >= 15 is 0 Å². The quantitative estimate of drug-likeness (QED) is 0.162. The van der Waals surface area contributed by atoms with Crippen molar-refractivity contribution in [3.05, 3.63) is 259 Å². The third kappa shape index (κ3) is 5.62. The van der Waals surface area contributed by atoms with E-state index in [0.717, 1.165) is 49.4 Å². The zero-order chi connectivity index (χ0) is 44.1. The van der Waals surface area contributed by atoms with Crippen LogP contribution >= 0.6 is 0 Å². The molecule has 10 aromatic carbocycles. The van der Waals surface area contributed by atoms with Gasteiger partial charge in [0, 0.05) is 39.5 Å². The maximum absolute atomic E-state index is 5.43. The molecule has 0 fully saturated rings. The van der Waals surface area contributed by atoms with Gasteiger partial charge in [0.05, 0.1) is 27.7 Å². The van der Waals surface area contributed by atoms with Gasteiger partial charge in [-0.15, -0.1) is 0 Å². The monoisotopic (exact) mass is 849 g/mol. The summed E-state index contributed by atoms with van der Waals surface area (Å²) in [6.07, 6.45) is 3.69. The number of nitrogens with zero attached hydrogens (tertiary/aromatic N) is 3. The lowest BCUT2D eigenvalue weighted by molar-refractivity contribution is 0.769. The van der Waals surface area contributed by atoms with Gasteiger partial charge in [-0.25, -0.2) is 4.98 Å². The van der Waals surface area contributed by atoms with Crippen LogP contribution in [0.4, 0.5) is 0 Å². The average molecular weight is 850 g/mol. The van der Waals surface area contributed by atoms with Crippen LogP contribution in [0.5, 0.6) is 0 Å². The Hall–Kier alpha value is -8.79. The van der Waals surface area contributed by atoms with E-state index in [2.05, 4.69) is 217 Å². The number of para-hydroxylation sites is 1. The summed E-state index contributed by atoms with van der Waals surface area (Å²) in [5, 5.41) is 10.6. The molecule has 3 heterocycles. The second kappa shape index (κ2) is 14.6. The summed E-state index contributed by atoms with van der Waals surface area (Å²) in [5.41, 5.74) is 16.8. The molecule has 310 valence electrons. The molecule has 3 nitrogen and oxygen atoms in total. The van der Waals surface area contributed by atoms with Crippen molar-refractivity contribution in [1.82, 2.24) is 15.0 Å². The van der Waals surface area contributed by atoms with E-state index in [1.54, 1.807) is 0 Å². The molecule has 1 aliphatic carbocycles. The molecule has 0 saturated heterocycles. The van der Waals surface area contributed by atoms with E-state index in [0.29, 0.717) is 0 Å². The molecule has 3 heteroatoms. The highest BCUT2D eigenvalue weighted by molar-refractivity contribution is 6.15. The van der Waals surface area contributed by atoms with Crippen LogP contribution in [-0.4, -0.2) is 15.0 Å². The molecule has 0 spiro atoms. The first-order valence-corrected chi connectivity index (χ1v) is 23.0. The Bertz CT molecular complexity index is 4100. The molecule has 1 aliphatic rings. The number of fused-ring (bicyclic) bond motifs is 12. The summed E-state index contributed by atoms with van der Waals surface area (Å²) in [4.78, 5) is 14.8. The van der Waals surface area contributed by atoms with Gasteiger partial charge >= 0.3 is 0 Å². The van der Waals surface area contributed by atoms with E-state index in [4.69, 9.17) is 9.97 Å². The number of rotatable bonds is 5. The van der Waals surface area contributed by atoms with Crippen molar-refractivity contribution in [2.75, 3.05) is 0 Å². The molecule has 14 rings (SSSR count). The maximum atomic E-state index is 5.43. The van der Waals surface area contributed by atoms with Crippen molar-refractivity contribution < 1.29 is 0 Å². The summed E-state index contributed by atoms with van der Waals surface area (Å²) < 4.78 is 0. The minimum Gasteiger partial charge on any atom is -0.254 e. The van der Waals surface area contributed by atoms with Crippen LogP contribution in [0.2, 0.25) is 0 Å². The first kappa shape index (κ1) is 37.6. The van der Waals surface area contributed by atoms with Gasteiger partial charge in [-0.3, -0.25) is 9.97 Å². The first-order valence-electron chi connectivity index (χ1n) is 23.0. The predicted molar refractivity (Wildman–Crippen MR) is 278 cm³/mol. The van der Waals surface area contributed by atoms with Gasteiger partial charge in [0.1, 0.15) is 0 Å². The molecule has 67 heavy (non-hydrogen) atoms. The zero-order valence-corrected chi connectivity index (χ0v) is 36.4. The van der Waals surface area contributed by atoms with Crippen molar-refractivity contribution in [3.8, 4) is 44.6 Å². The van der Waals surface area contributed by atoms with Gasteiger partial charge in [-0.2, -0.15) is 0 Å². The number of aromatic nitrogens is 3. The normalized spacial score (nSPS) is 12.9. The minimum absolute atomic E-state index is 0.479. The molecule has 0 radical (unpaired) electrons. The lowest BCUT2D eigenvalue weighted by atomic mass is 9.67. The van der Waals surface area contributed by atoms with Gasteiger partial charge in [-0.1, -0.05) is 176 Å². The Morgan fingerprint density at radius 1 is 0.299 bits per heavy atom. The van der Waals surface area contributed by atoms with E-state index in [9.17, 15) is 0 Å². The highest BCUT2D eigenvalue weighted by Crippen LogP contribution is 2.57. The minimum atomic E-state index is -0.479. The third-order valence-electron chi connectivity index (χ3n) is 14.4. The standard InChI is InChI=1S/C64H39N3/c1-3-14-47(15-4-1)64(48-16-5-2-6-17-48)58-21-9-7-18-51(58)56-38-57-55(39-59(56)64)52-19-8-10-22-60(52)67-61(57)41-25-23-40(24-26-41)42-29-31-49-43(35-42)27-28-44-36-45(30-32-50(44)49)54-37-46-13-11-33-65-62(46)63-53(54)20-12-34-66-63/h1-39H. The lowest BCUT2D eigenvalue weighted by Gasteiger charge is -2.34. The van der Waals surface area contributed by atoms with Crippen molar-refractivity contribution in [2.45, 2.75) is 5.41 Å². The van der Waals surface area contributed by atoms with Crippen LogP contribution in [0.3, 0.4) is 0 Å². The predicted octanol–water partition coefficient (Wildman–Crippen LogP) is 16.2. The molecule has 0 aliphatic heterocycles. The second-order valence-electron chi connectivity index (χ2n) is 17.9. The molecule has 0 atom stereocenters. The third-order valence-corrected chi connectivity index (χ3v) is 14.4. The average Bonchev–Trinajstić information content (AvgIpc) is 3.70. The van der Waals surface area contributed by atoms with Crippen molar-refractivity contribution >= 4 is 65.0 Å². The summed E-state index contributed by atoms with van der Waals surface area (Å²) >= 11 is 0. The van der Waals surface area contributed by atoms with Crippen LogP contribution in [0, 0.1) is 0 Å². The lowest BCUT2D eigenvalue weighted by Crippen LogP contribution is -2.28.